The van der Waals surface area contributed by atoms with E-state index in [2.05, 4.69) is 10.1 Å². The van der Waals surface area contributed by atoms with Crippen LogP contribution in [0.3, 0.4) is 0 Å². The zero-order valence-corrected chi connectivity index (χ0v) is 19.1. The van der Waals surface area contributed by atoms with Crippen molar-refractivity contribution in [2.75, 3.05) is 12.8 Å². The minimum absolute atomic E-state index is 0.0874. The number of hydrazine groups is 1. The largest absolute Gasteiger partial charge is 0.383 e. The van der Waals surface area contributed by atoms with Crippen molar-refractivity contribution in [1.29, 1.82) is 0 Å². The maximum absolute atomic E-state index is 13.5. The lowest BCUT2D eigenvalue weighted by Gasteiger charge is -2.31. The Balaban J connectivity index is 1.81. The van der Waals surface area contributed by atoms with E-state index in [1.807, 2.05) is 0 Å². The highest BCUT2D eigenvalue weighted by Crippen LogP contribution is 2.29. The zero-order valence-electron chi connectivity index (χ0n) is 17.6. The number of rotatable bonds is 3. The Morgan fingerprint density at radius 1 is 1.12 bits per heavy atom. The molecule has 0 aliphatic carbocycles. The van der Waals surface area contributed by atoms with Crippen LogP contribution in [0.5, 0.6) is 0 Å². The number of pyridine rings is 1. The lowest BCUT2D eigenvalue weighted by Crippen LogP contribution is -2.46. The predicted molar refractivity (Wildman–Crippen MR) is 125 cm³/mol. The molecule has 0 spiro atoms. The van der Waals surface area contributed by atoms with Gasteiger partial charge in [0.25, 0.3) is 5.91 Å². The second-order valence-corrected chi connectivity index (χ2v) is 8.24. The molecular weight excluding hydrogens is 451 g/mol. The summed E-state index contributed by atoms with van der Waals surface area (Å²) in [5.41, 5.74) is 8.51. The van der Waals surface area contributed by atoms with Gasteiger partial charge in [0.15, 0.2) is 0 Å². The maximum atomic E-state index is 13.5. The van der Waals surface area contributed by atoms with Gasteiger partial charge in [0.1, 0.15) is 5.82 Å². The smallest absolute Gasteiger partial charge is 0.272 e. The molecule has 2 aromatic heterocycles. The highest BCUT2D eigenvalue weighted by atomic mass is 35.5. The number of carbonyl (C=O) groups is 2. The molecule has 32 heavy (non-hydrogen) atoms. The molecule has 0 fully saturated rings. The molecule has 164 valence electrons. The van der Waals surface area contributed by atoms with Crippen LogP contribution in [-0.4, -0.2) is 43.6 Å². The lowest BCUT2D eigenvalue weighted by molar-refractivity contribution is -0.140. The summed E-state index contributed by atoms with van der Waals surface area (Å²) in [4.78, 5) is 30.1. The van der Waals surface area contributed by atoms with E-state index < -0.39 is 0 Å². The van der Waals surface area contributed by atoms with Gasteiger partial charge in [0.05, 0.1) is 29.2 Å². The third-order valence-corrected chi connectivity index (χ3v) is 5.93. The normalized spacial score (nSPS) is 11.2. The van der Waals surface area contributed by atoms with E-state index in [-0.39, 0.29) is 18.4 Å². The third-order valence-electron chi connectivity index (χ3n) is 5.34. The number of amides is 2. The fourth-order valence-corrected chi connectivity index (χ4v) is 4.00. The van der Waals surface area contributed by atoms with Gasteiger partial charge in [-0.25, -0.2) is 9.99 Å². The van der Waals surface area contributed by atoms with Crippen molar-refractivity contribution in [1.82, 2.24) is 24.8 Å². The number of nitrogens with two attached hydrogens (primary N) is 1. The highest BCUT2D eigenvalue weighted by molar-refractivity contribution is 6.35. The number of hydrogen-bond donors (Lipinski definition) is 1. The first-order valence-electron chi connectivity index (χ1n) is 9.68. The quantitative estimate of drug-likeness (QED) is 0.455. The van der Waals surface area contributed by atoms with Gasteiger partial charge in [0.2, 0.25) is 5.91 Å². The molecule has 0 aliphatic heterocycles. The number of carbonyl (C=O) groups excluding carboxylic acids is 2. The molecule has 2 aromatic carbocycles. The minimum atomic E-state index is -0.372. The molecule has 8 nitrogen and oxygen atoms in total. The molecule has 2 heterocycles. The standard InChI is InChI=1S/C22H20Cl2N6O2/c1-12(31)29(3)30(11-14-4-6-15(23)9-18(14)24)22(32)13-5-7-19-16(8-13)20-17(21(25)27-19)10-26-28(20)2/h4-10H,11H2,1-3H3,(H2,25,27). The number of hydrogen-bond acceptors (Lipinski definition) is 5. The fourth-order valence-electron chi connectivity index (χ4n) is 3.53. The molecule has 10 heteroatoms. The first-order valence-corrected chi connectivity index (χ1v) is 10.4. The van der Waals surface area contributed by atoms with Crippen molar-refractivity contribution in [2.45, 2.75) is 13.5 Å². The van der Waals surface area contributed by atoms with Crippen LogP contribution < -0.4 is 5.73 Å². The fraction of sp³-hybridized carbons (Fsp3) is 0.182. The molecule has 4 rings (SSSR count). The lowest BCUT2D eigenvalue weighted by atomic mass is 10.1. The van der Waals surface area contributed by atoms with Crippen LogP contribution in [0.25, 0.3) is 21.8 Å². The molecule has 0 aliphatic rings. The highest BCUT2D eigenvalue weighted by Gasteiger charge is 2.24. The van der Waals surface area contributed by atoms with Crippen LogP contribution in [0.4, 0.5) is 5.82 Å². The minimum Gasteiger partial charge on any atom is -0.383 e. The van der Waals surface area contributed by atoms with Crippen molar-refractivity contribution < 1.29 is 9.59 Å². The van der Waals surface area contributed by atoms with Gasteiger partial charge >= 0.3 is 0 Å². The van der Waals surface area contributed by atoms with Gasteiger partial charge in [-0.3, -0.25) is 19.3 Å². The Labute approximate surface area is 194 Å². The van der Waals surface area contributed by atoms with Crippen molar-refractivity contribution in [2.24, 2.45) is 7.05 Å². The summed E-state index contributed by atoms with van der Waals surface area (Å²) in [5, 5.41) is 9.19. The molecule has 0 unspecified atom stereocenters. The number of fused-ring (bicyclic) bond motifs is 3. The summed E-state index contributed by atoms with van der Waals surface area (Å²) < 4.78 is 1.69. The third kappa shape index (κ3) is 3.83. The summed E-state index contributed by atoms with van der Waals surface area (Å²) in [6, 6.07) is 10.1. The van der Waals surface area contributed by atoms with Gasteiger partial charge in [-0.05, 0) is 35.9 Å². The van der Waals surface area contributed by atoms with Crippen LogP contribution in [0.15, 0.2) is 42.6 Å². The van der Waals surface area contributed by atoms with E-state index in [1.165, 1.54) is 24.0 Å². The molecule has 4 aromatic rings. The second kappa shape index (κ2) is 8.29. The Hall–Kier alpha value is -3.36. The summed E-state index contributed by atoms with van der Waals surface area (Å²) in [5.74, 6) is -0.301. The van der Waals surface area contributed by atoms with Gasteiger partial charge < -0.3 is 5.73 Å². The van der Waals surface area contributed by atoms with E-state index in [0.717, 1.165) is 10.9 Å². The predicted octanol–water partition coefficient (Wildman–Crippen LogP) is 4.05. The Kier molecular flexibility index (Phi) is 5.66. The average molecular weight is 471 g/mol. The molecule has 0 radical (unpaired) electrons. The van der Waals surface area contributed by atoms with Crippen molar-refractivity contribution in [3.05, 3.63) is 63.8 Å². The Bertz CT molecular complexity index is 1380. The number of nitrogen functional groups attached to an aromatic ring is 1. The summed E-state index contributed by atoms with van der Waals surface area (Å²) in [7, 11) is 3.33. The van der Waals surface area contributed by atoms with Crippen molar-refractivity contribution in [3.63, 3.8) is 0 Å². The van der Waals surface area contributed by atoms with Crippen LogP contribution in [0, 0.1) is 0 Å². The SMILES string of the molecule is CC(=O)N(C)N(Cc1ccc(Cl)cc1Cl)C(=O)c1ccc2nc(N)c3cnn(C)c3c2c1. The number of aryl methyl sites for hydroxylation is 1. The maximum Gasteiger partial charge on any atom is 0.272 e. The average Bonchev–Trinajstić information content (AvgIpc) is 3.14. The summed E-state index contributed by atoms with van der Waals surface area (Å²) in [6.07, 6.45) is 1.64. The van der Waals surface area contributed by atoms with E-state index in [9.17, 15) is 9.59 Å². The number of halogens is 2. The molecule has 2 N–H and O–H groups in total. The van der Waals surface area contributed by atoms with E-state index in [0.29, 0.717) is 37.9 Å². The molecule has 0 atom stereocenters. The van der Waals surface area contributed by atoms with Crippen LogP contribution >= 0.6 is 23.2 Å². The first-order chi connectivity index (χ1) is 15.2. The summed E-state index contributed by atoms with van der Waals surface area (Å²) in [6.45, 7) is 1.47. The molecule has 0 saturated carbocycles. The first kappa shape index (κ1) is 21.9. The van der Waals surface area contributed by atoms with Crippen molar-refractivity contribution in [3.8, 4) is 0 Å². The van der Waals surface area contributed by atoms with Crippen molar-refractivity contribution >= 4 is 62.6 Å². The zero-order chi connectivity index (χ0) is 23.2. The van der Waals surface area contributed by atoms with Gasteiger partial charge in [-0.2, -0.15) is 5.10 Å². The topological polar surface area (TPSA) is 97.3 Å². The number of benzene rings is 2. The Morgan fingerprint density at radius 2 is 1.88 bits per heavy atom. The number of nitrogens with zero attached hydrogens (tertiary/aromatic N) is 5. The van der Waals surface area contributed by atoms with E-state index in [1.54, 1.807) is 54.3 Å². The summed E-state index contributed by atoms with van der Waals surface area (Å²) >= 11 is 12.3. The molecule has 0 bridgehead atoms. The monoisotopic (exact) mass is 470 g/mol. The van der Waals surface area contributed by atoms with Gasteiger partial charge in [-0.1, -0.05) is 29.3 Å². The van der Waals surface area contributed by atoms with Gasteiger partial charge in [0, 0.05) is 42.0 Å². The van der Waals surface area contributed by atoms with Crippen LogP contribution in [0.1, 0.15) is 22.8 Å². The number of anilines is 1. The molecule has 0 saturated heterocycles. The molecular formula is C22H20Cl2N6O2. The number of aromatic nitrogens is 3. The van der Waals surface area contributed by atoms with Crippen LogP contribution in [0.2, 0.25) is 10.0 Å². The molecule has 2 amide bonds. The Morgan fingerprint density at radius 3 is 2.56 bits per heavy atom. The van der Waals surface area contributed by atoms with Crippen LogP contribution in [-0.2, 0) is 18.4 Å². The van der Waals surface area contributed by atoms with E-state index >= 15 is 0 Å². The van der Waals surface area contributed by atoms with E-state index in [4.69, 9.17) is 28.9 Å². The van der Waals surface area contributed by atoms with Gasteiger partial charge in [-0.15, -0.1) is 0 Å². The second-order valence-electron chi connectivity index (χ2n) is 7.40.